The average molecular weight is 386 g/mol. The van der Waals surface area contributed by atoms with Gasteiger partial charge in [0.2, 0.25) is 5.88 Å². The zero-order valence-electron chi connectivity index (χ0n) is 15.7. The van der Waals surface area contributed by atoms with Crippen LogP contribution in [0.3, 0.4) is 0 Å². The van der Waals surface area contributed by atoms with Crippen molar-refractivity contribution in [3.63, 3.8) is 0 Å². The lowest BCUT2D eigenvalue weighted by molar-refractivity contribution is -0.0553. The van der Waals surface area contributed by atoms with Crippen molar-refractivity contribution in [1.82, 2.24) is 9.88 Å². The molecule has 1 aromatic carbocycles. The summed E-state index contributed by atoms with van der Waals surface area (Å²) in [5.74, 6) is -0.315. The Morgan fingerprint density at radius 1 is 1.29 bits per heavy atom. The van der Waals surface area contributed by atoms with E-state index < -0.39 is 11.4 Å². The van der Waals surface area contributed by atoms with Crippen LogP contribution in [-0.4, -0.2) is 40.3 Å². The maximum atomic E-state index is 13.8. The second kappa shape index (κ2) is 7.39. The number of nitrogens with zero attached hydrogens (tertiary/aromatic N) is 2. The fourth-order valence-corrected chi connectivity index (χ4v) is 4.46. The highest BCUT2D eigenvalue weighted by molar-refractivity contribution is 5.69. The molecular weight excluding hydrogens is 363 g/mol. The van der Waals surface area contributed by atoms with Crippen molar-refractivity contribution in [2.45, 2.75) is 50.0 Å². The Morgan fingerprint density at radius 3 is 2.61 bits per heavy atom. The molecule has 2 saturated heterocycles. The lowest BCUT2D eigenvalue weighted by Gasteiger charge is -2.43. The summed E-state index contributed by atoms with van der Waals surface area (Å²) in [6.07, 6.45) is 2.84. The molecule has 4 rings (SSSR count). The van der Waals surface area contributed by atoms with Crippen LogP contribution in [0.15, 0.2) is 42.6 Å². The summed E-state index contributed by atoms with van der Waals surface area (Å²) in [7, 11) is 1.44. The molecule has 28 heavy (non-hydrogen) atoms. The van der Waals surface area contributed by atoms with Gasteiger partial charge in [-0.15, -0.1) is 0 Å². The number of fused-ring (bicyclic) bond motifs is 2. The van der Waals surface area contributed by atoms with Gasteiger partial charge in [0, 0.05) is 30.5 Å². The van der Waals surface area contributed by atoms with Gasteiger partial charge < -0.3 is 19.5 Å². The number of carbonyl (C=O) groups is 1. The van der Waals surface area contributed by atoms with Crippen molar-refractivity contribution >= 4 is 6.09 Å². The van der Waals surface area contributed by atoms with E-state index in [2.05, 4.69) is 4.98 Å². The van der Waals surface area contributed by atoms with Crippen LogP contribution in [0.5, 0.6) is 5.88 Å². The Hall–Kier alpha value is -2.67. The largest absolute Gasteiger partial charge is 0.481 e. The molecule has 2 atom stereocenters. The molecule has 2 aromatic rings. The lowest BCUT2D eigenvalue weighted by Crippen LogP contribution is -2.52. The lowest BCUT2D eigenvalue weighted by atomic mass is 9.81. The smallest absolute Gasteiger partial charge is 0.410 e. The zero-order chi connectivity index (χ0) is 19.7. The molecule has 1 aromatic heterocycles. The second-order valence-electron chi connectivity index (χ2n) is 7.48. The van der Waals surface area contributed by atoms with E-state index in [4.69, 9.17) is 9.47 Å². The molecule has 0 saturated carbocycles. The van der Waals surface area contributed by atoms with Crippen molar-refractivity contribution in [3.05, 3.63) is 59.5 Å². The number of hydrogen-bond acceptors (Lipinski definition) is 5. The Kier molecular flexibility index (Phi) is 4.93. The van der Waals surface area contributed by atoms with Gasteiger partial charge in [-0.2, -0.15) is 0 Å². The molecule has 6 nitrogen and oxygen atoms in total. The maximum Gasteiger partial charge on any atom is 0.410 e. The number of halogens is 1. The minimum atomic E-state index is -1.29. The minimum Gasteiger partial charge on any atom is -0.481 e. The Balaban J connectivity index is 1.50. The molecule has 2 unspecified atom stereocenters. The fraction of sp³-hybridized carbons (Fsp3) is 0.429. The molecule has 0 aliphatic carbocycles. The van der Waals surface area contributed by atoms with E-state index in [1.807, 2.05) is 30.3 Å². The van der Waals surface area contributed by atoms with Crippen molar-refractivity contribution in [2.24, 2.45) is 0 Å². The predicted molar refractivity (Wildman–Crippen MR) is 99.2 cm³/mol. The summed E-state index contributed by atoms with van der Waals surface area (Å²) in [6.45, 7) is 0.210. The quantitative estimate of drug-likeness (QED) is 0.872. The van der Waals surface area contributed by atoms with Crippen LogP contribution in [-0.2, 0) is 16.9 Å². The number of amides is 1. The number of rotatable bonds is 4. The summed E-state index contributed by atoms with van der Waals surface area (Å²) in [5.41, 5.74) is -0.0286. The number of aromatic nitrogens is 1. The molecule has 7 heteroatoms. The summed E-state index contributed by atoms with van der Waals surface area (Å²) < 4.78 is 24.5. The molecule has 148 valence electrons. The summed E-state index contributed by atoms with van der Waals surface area (Å²) in [5, 5.41) is 11.3. The first-order chi connectivity index (χ1) is 13.5. The van der Waals surface area contributed by atoms with Gasteiger partial charge in [-0.25, -0.2) is 14.2 Å². The molecule has 0 radical (unpaired) electrons. The number of pyridine rings is 1. The normalized spacial score (nSPS) is 26.2. The van der Waals surface area contributed by atoms with Crippen LogP contribution in [0.1, 0.15) is 36.8 Å². The molecule has 1 amide bonds. The SMILES string of the molecule is COc1ncc(F)cc1C1(O)CC2CCC(C1)N2C(=O)OCc1ccccc1. The first-order valence-corrected chi connectivity index (χ1v) is 9.41. The van der Waals surface area contributed by atoms with E-state index in [0.29, 0.717) is 18.4 Å². The van der Waals surface area contributed by atoms with Crippen molar-refractivity contribution in [1.29, 1.82) is 0 Å². The standard InChI is InChI=1S/C21H23FN2O4/c1-27-19-18(9-15(22)12-23-19)21(26)10-16-7-8-17(11-21)24(16)20(25)28-13-14-5-3-2-4-6-14/h2-6,9,12,16-17,26H,7-8,10-11,13H2,1H3. The molecule has 3 heterocycles. The molecule has 1 N–H and O–H groups in total. The molecule has 2 aliphatic heterocycles. The number of hydrogen-bond donors (Lipinski definition) is 1. The monoisotopic (exact) mass is 386 g/mol. The molecular formula is C21H23FN2O4. The Bertz CT molecular complexity index is 847. The molecule has 2 fully saturated rings. The average Bonchev–Trinajstić information content (AvgIpc) is 2.99. The van der Waals surface area contributed by atoms with Gasteiger partial charge >= 0.3 is 6.09 Å². The highest BCUT2D eigenvalue weighted by atomic mass is 19.1. The van der Waals surface area contributed by atoms with Crippen LogP contribution in [0.25, 0.3) is 0 Å². The third-order valence-corrected chi connectivity index (χ3v) is 5.69. The maximum absolute atomic E-state index is 13.8. The number of benzene rings is 1. The van der Waals surface area contributed by atoms with Gasteiger partial charge in [-0.3, -0.25) is 0 Å². The summed E-state index contributed by atoms with van der Waals surface area (Å²) in [4.78, 5) is 18.4. The first kappa shape index (κ1) is 18.7. The summed E-state index contributed by atoms with van der Waals surface area (Å²) in [6, 6.07) is 10.4. The van der Waals surface area contributed by atoms with Crippen LogP contribution in [0.4, 0.5) is 9.18 Å². The number of carbonyl (C=O) groups excluding carboxylic acids is 1. The highest BCUT2D eigenvalue weighted by Crippen LogP contribution is 2.47. The van der Waals surface area contributed by atoms with Gasteiger partial charge in [0.1, 0.15) is 12.4 Å². The molecule has 2 aliphatic rings. The van der Waals surface area contributed by atoms with Gasteiger partial charge in [0.05, 0.1) is 18.9 Å². The van der Waals surface area contributed by atoms with E-state index in [1.165, 1.54) is 13.2 Å². The third-order valence-electron chi connectivity index (χ3n) is 5.69. The van der Waals surface area contributed by atoms with E-state index in [0.717, 1.165) is 24.6 Å². The fourth-order valence-electron chi connectivity index (χ4n) is 4.46. The van der Waals surface area contributed by atoms with Gasteiger partial charge in [-0.1, -0.05) is 30.3 Å². The van der Waals surface area contributed by atoms with Crippen molar-refractivity contribution in [3.8, 4) is 5.88 Å². The van der Waals surface area contributed by atoms with Gasteiger partial charge in [0.25, 0.3) is 0 Å². The van der Waals surface area contributed by atoms with E-state index in [1.54, 1.807) is 4.90 Å². The summed E-state index contributed by atoms with van der Waals surface area (Å²) >= 11 is 0. The number of methoxy groups -OCH3 is 1. The first-order valence-electron chi connectivity index (χ1n) is 9.41. The third kappa shape index (κ3) is 3.42. The Morgan fingerprint density at radius 2 is 1.96 bits per heavy atom. The van der Waals surface area contributed by atoms with Gasteiger partial charge in [0.15, 0.2) is 0 Å². The molecule has 2 bridgehead atoms. The Labute approximate surface area is 162 Å². The predicted octanol–water partition coefficient (Wildman–Crippen LogP) is 3.38. The van der Waals surface area contributed by atoms with Crippen molar-refractivity contribution in [2.75, 3.05) is 7.11 Å². The van der Waals surface area contributed by atoms with Crippen LogP contribution in [0.2, 0.25) is 0 Å². The second-order valence-corrected chi connectivity index (χ2v) is 7.48. The number of piperidine rings is 1. The highest BCUT2D eigenvalue weighted by Gasteiger charge is 2.51. The van der Waals surface area contributed by atoms with Gasteiger partial charge in [-0.05, 0) is 24.5 Å². The zero-order valence-corrected chi connectivity index (χ0v) is 15.7. The van der Waals surface area contributed by atoms with Crippen LogP contribution >= 0.6 is 0 Å². The van der Waals surface area contributed by atoms with E-state index in [9.17, 15) is 14.3 Å². The number of ether oxygens (including phenoxy) is 2. The van der Waals surface area contributed by atoms with Crippen molar-refractivity contribution < 1.29 is 23.8 Å². The van der Waals surface area contributed by atoms with Crippen LogP contribution < -0.4 is 4.74 Å². The van der Waals surface area contributed by atoms with E-state index in [-0.39, 0.29) is 30.7 Å². The van der Waals surface area contributed by atoms with E-state index >= 15 is 0 Å². The number of aliphatic hydroxyl groups is 1. The topological polar surface area (TPSA) is 71.9 Å². The minimum absolute atomic E-state index is 0.167. The van der Waals surface area contributed by atoms with Crippen LogP contribution in [0, 0.1) is 5.82 Å². The molecule has 0 spiro atoms.